The Morgan fingerprint density at radius 2 is 1.94 bits per heavy atom. The lowest BCUT2D eigenvalue weighted by molar-refractivity contribution is -0.137. The summed E-state index contributed by atoms with van der Waals surface area (Å²) in [6.07, 6.45) is -0.541. The molecule has 0 saturated heterocycles. The maximum atomic E-state index is 13.0. The molecule has 1 aliphatic rings. The third-order valence-electron chi connectivity index (χ3n) is 5.98. The van der Waals surface area contributed by atoms with Gasteiger partial charge in [0.15, 0.2) is 0 Å². The van der Waals surface area contributed by atoms with E-state index in [0.29, 0.717) is 23.2 Å². The molecule has 2 aromatic carbocycles. The number of allylic oxidation sites excluding steroid dienone is 1. The molecule has 2 atom stereocenters. The molecule has 4 aromatic rings. The lowest BCUT2D eigenvalue weighted by atomic mass is 10.0. The second-order valence-corrected chi connectivity index (χ2v) is 9.65. The molecule has 2 aromatic heterocycles. The van der Waals surface area contributed by atoms with Gasteiger partial charge in [-0.15, -0.1) is 11.8 Å². The highest BCUT2D eigenvalue weighted by Gasteiger charge is 2.31. The van der Waals surface area contributed by atoms with E-state index in [4.69, 9.17) is 4.98 Å². The maximum Gasteiger partial charge on any atom is 0.416 e. The average molecular weight is 510 g/mol. The van der Waals surface area contributed by atoms with Crippen molar-refractivity contribution < 1.29 is 18.0 Å². The molecule has 10 heteroatoms. The minimum absolute atomic E-state index is 0.0809. The Morgan fingerprint density at radius 1 is 1.11 bits per heavy atom. The van der Waals surface area contributed by atoms with Gasteiger partial charge < -0.3 is 15.6 Å². The van der Waals surface area contributed by atoms with Crippen LogP contribution in [0.3, 0.4) is 0 Å². The van der Waals surface area contributed by atoms with Crippen LogP contribution in [0.2, 0.25) is 0 Å². The van der Waals surface area contributed by atoms with Crippen LogP contribution in [0.4, 0.5) is 30.5 Å². The van der Waals surface area contributed by atoms with Gasteiger partial charge in [-0.2, -0.15) is 13.2 Å². The fraction of sp³-hybridized carbons (Fsp3) is 0.192. The van der Waals surface area contributed by atoms with E-state index < -0.39 is 17.6 Å². The van der Waals surface area contributed by atoms with Gasteiger partial charge in [-0.05, 0) is 60.2 Å². The summed E-state index contributed by atoms with van der Waals surface area (Å²) in [4.78, 5) is 25.3. The molecule has 3 heterocycles. The van der Waals surface area contributed by atoms with Gasteiger partial charge in [0.25, 0.3) is 5.91 Å². The number of thioether (sulfide) groups is 1. The number of benzene rings is 2. The molecule has 0 bridgehead atoms. The van der Waals surface area contributed by atoms with Gasteiger partial charge in [-0.1, -0.05) is 25.1 Å². The summed E-state index contributed by atoms with van der Waals surface area (Å²) in [7, 11) is 0. The summed E-state index contributed by atoms with van der Waals surface area (Å²) >= 11 is 1.71. The molecule has 1 amide bonds. The first-order valence-electron chi connectivity index (χ1n) is 11.2. The number of nitrogens with one attached hydrogen (secondary N) is 3. The molecular weight excluding hydrogens is 487 g/mol. The number of H-pyrrole nitrogens is 1. The Labute approximate surface area is 209 Å². The molecule has 0 fully saturated rings. The predicted molar refractivity (Wildman–Crippen MR) is 136 cm³/mol. The van der Waals surface area contributed by atoms with Gasteiger partial charge in [0.2, 0.25) is 5.95 Å². The Hall–Kier alpha value is -3.79. The van der Waals surface area contributed by atoms with Crippen LogP contribution in [0.25, 0.3) is 11.0 Å². The number of hydrogen-bond acceptors (Lipinski definition) is 5. The summed E-state index contributed by atoms with van der Waals surface area (Å²) in [5.74, 6) is 0.101. The van der Waals surface area contributed by atoms with Crippen molar-refractivity contribution in [1.82, 2.24) is 15.0 Å². The fourth-order valence-corrected chi connectivity index (χ4v) is 5.16. The van der Waals surface area contributed by atoms with Crippen molar-refractivity contribution in [2.24, 2.45) is 5.92 Å². The fourth-order valence-electron chi connectivity index (χ4n) is 4.02. The van der Waals surface area contributed by atoms with Crippen molar-refractivity contribution in [2.45, 2.75) is 25.3 Å². The number of carbonyl (C=O) groups excluding carboxylic acids is 1. The maximum absolute atomic E-state index is 13.0. The van der Waals surface area contributed by atoms with Gasteiger partial charge in [0.05, 0.1) is 27.5 Å². The number of aromatic amines is 1. The molecule has 36 heavy (non-hydrogen) atoms. The van der Waals surface area contributed by atoms with Crippen LogP contribution in [0.1, 0.15) is 39.4 Å². The lowest BCUT2D eigenvalue weighted by Gasteiger charge is -2.17. The topological polar surface area (TPSA) is 82.7 Å². The number of rotatable bonds is 5. The summed E-state index contributed by atoms with van der Waals surface area (Å²) < 4.78 is 39.1. The average Bonchev–Trinajstić information content (AvgIpc) is 3.49. The zero-order valence-electron chi connectivity index (χ0n) is 19.4. The standard InChI is InChI=1S/C26H22F3N5OS/c1-14-6-7-18(31-24(35)16-4-3-5-17(12-16)26(27,28)29)13-20(14)33-25-32-19-8-10-30-21(19)22(34-25)23-15(2)9-11-36-23/h3-13,15,23,30H,1-2H3,(H,31,35)(H,32,33,34). The number of anilines is 3. The third-order valence-corrected chi connectivity index (χ3v) is 7.24. The van der Waals surface area contributed by atoms with E-state index >= 15 is 0 Å². The van der Waals surface area contributed by atoms with Crippen LogP contribution in [0.5, 0.6) is 0 Å². The smallest absolute Gasteiger partial charge is 0.358 e. The molecule has 0 radical (unpaired) electrons. The first-order chi connectivity index (χ1) is 17.2. The van der Waals surface area contributed by atoms with E-state index in [2.05, 4.69) is 39.0 Å². The van der Waals surface area contributed by atoms with Crippen LogP contribution < -0.4 is 10.6 Å². The van der Waals surface area contributed by atoms with E-state index in [9.17, 15) is 18.0 Å². The number of alkyl halides is 3. The zero-order chi connectivity index (χ0) is 25.4. The highest BCUT2D eigenvalue weighted by Crippen LogP contribution is 2.44. The van der Waals surface area contributed by atoms with Gasteiger partial charge in [-0.3, -0.25) is 4.79 Å². The molecule has 1 aliphatic heterocycles. The molecule has 6 nitrogen and oxygen atoms in total. The van der Waals surface area contributed by atoms with Gasteiger partial charge in [-0.25, -0.2) is 9.97 Å². The van der Waals surface area contributed by atoms with Gasteiger partial charge in [0, 0.05) is 23.1 Å². The van der Waals surface area contributed by atoms with E-state index in [1.54, 1.807) is 30.0 Å². The van der Waals surface area contributed by atoms with Crippen LogP contribution >= 0.6 is 11.8 Å². The zero-order valence-corrected chi connectivity index (χ0v) is 20.2. The van der Waals surface area contributed by atoms with E-state index in [1.807, 2.05) is 19.2 Å². The van der Waals surface area contributed by atoms with Crippen molar-refractivity contribution in [1.29, 1.82) is 0 Å². The van der Waals surface area contributed by atoms with Crippen LogP contribution in [0, 0.1) is 12.8 Å². The SMILES string of the molecule is Cc1ccc(NC(=O)c2cccc(C(F)(F)F)c2)cc1Nc1nc(C2SC=CC2C)c2[nH]ccc2n1. The Kier molecular flexibility index (Phi) is 6.21. The van der Waals surface area contributed by atoms with Crippen LogP contribution in [-0.2, 0) is 6.18 Å². The van der Waals surface area contributed by atoms with E-state index in [1.165, 1.54) is 12.1 Å². The first kappa shape index (κ1) is 23.9. The van der Waals surface area contributed by atoms with E-state index in [-0.39, 0.29) is 10.8 Å². The minimum atomic E-state index is -4.53. The number of fused-ring (bicyclic) bond motifs is 1. The highest BCUT2D eigenvalue weighted by molar-refractivity contribution is 8.02. The molecule has 0 spiro atoms. The molecule has 0 saturated carbocycles. The number of hydrogen-bond donors (Lipinski definition) is 3. The monoisotopic (exact) mass is 509 g/mol. The molecule has 5 rings (SSSR count). The van der Waals surface area contributed by atoms with Gasteiger partial charge in [0.1, 0.15) is 0 Å². The summed E-state index contributed by atoms with van der Waals surface area (Å²) in [5, 5.41) is 8.17. The van der Waals surface area contributed by atoms with Crippen molar-refractivity contribution in [2.75, 3.05) is 10.6 Å². The molecule has 0 aliphatic carbocycles. The van der Waals surface area contributed by atoms with Crippen LogP contribution in [0.15, 0.2) is 66.2 Å². The molecule has 2 unspecified atom stereocenters. The van der Waals surface area contributed by atoms with Crippen molar-refractivity contribution in [3.8, 4) is 0 Å². The summed E-state index contributed by atoms with van der Waals surface area (Å²) in [6, 6.07) is 11.4. The first-order valence-corrected chi connectivity index (χ1v) is 12.2. The lowest BCUT2D eigenvalue weighted by Crippen LogP contribution is -2.14. The minimum Gasteiger partial charge on any atom is -0.358 e. The second kappa shape index (κ2) is 9.34. The predicted octanol–water partition coefficient (Wildman–Crippen LogP) is 7.22. The number of aromatic nitrogens is 3. The van der Waals surface area contributed by atoms with Crippen molar-refractivity contribution in [3.05, 3.63) is 88.6 Å². The number of aryl methyl sites for hydroxylation is 1. The second-order valence-electron chi connectivity index (χ2n) is 8.60. The van der Waals surface area contributed by atoms with Gasteiger partial charge >= 0.3 is 6.18 Å². The molecule has 184 valence electrons. The third kappa shape index (κ3) is 4.81. The van der Waals surface area contributed by atoms with Crippen molar-refractivity contribution in [3.63, 3.8) is 0 Å². The normalized spacial score (nSPS) is 17.5. The quantitative estimate of drug-likeness (QED) is 0.265. The Balaban J connectivity index is 1.41. The molecule has 3 N–H and O–H groups in total. The largest absolute Gasteiger partial charge is 0.416 e. The Morgan fingerprint density at radius 3 is 2.69 bits per heavy atom. The van der Waals surface area contributed by atoms with Crippen LogP contribution in [-0.4, -0.2) is 20.9 Å². The number of amides is 1. The number of carbonyl (C=O) groups is 1. The number of halogens is 3. The summed E-state index contributed by atoms with van der Waals surface area (Å²) in [6.45, 7) is 4.04. The molecular formula is C26H22F3N5OS. The summed E-state index contributed by atoms with van der Waals surface area (Å²) in [5.41, 5.74) is 3.61. The number of nitrogens with zero attached hydrogens (tertiary/aromatic N) is 2. The highest BCUT2D eigenvalue weighted by atomic mass is 32.2. The Bertz CT molecular complexity index is 1480. The van der Waals surface area contributed by atoms with E-state index in [0.717, 1.165) is 34.4 Å². The van der Waals surface area contributed by atoms with Crippen molar-refractivity contribution >= 4 is 46.0 Å².